The molecule has 0 bridgehead atoms. The zero-order chi connectivity index (χ0) is 11.5. The number of piperazine rings is 1. The molecular weight excluding hydrogens is 196 g/mol. The molecule has 2 heteroatoms. The van der Waals surface area contributed by atoms with E-state index in [0.717, 1.165) is 23.9 Å². The Bertz CT molecular complexity index is 211. The highest BCUT2D eigenvalue weighted by Crippen LogP contribution is 2.34. The third kappa shape index (κ3) is 3.46. The van der Waals surface area contributed by atoms with Gasteiger partial charge in [0, 0.05) is 25.2 Å². The molecule has 2 nitrogen and oxygen atoms in total. The Morgan fingerprint density at radius 2 is 2.06 bits per heavy atom. The summed E-state index contributed by atoms with van der Waals surface area (Å²) in [6.45, 7) is 10.8. The highest BCUT2D eigenvalue weighted by atomic mass is 15.2. The van der Waals surface area contributed by atoms with E-state index in [2.05, 4.69) is 31.0 Å². The second kappa shape index (κ2) is 5.50. The lowest BCUT2D eigenvalue weighted by molar-refractivity contribution is 0.129. The van der Waals surface area contributed by atoms with E-state index in [1.165, 1.54) is 45.3 Å². The Hall–Kier alpha value is -0.0800. The summed E-state index contributed by atoms with van der Waals surface area (Å²) in [6.07, 6.45) is 5.68. The summed E-state index contributed by atoms with van der Waals surface area (Å²) in [6, 6.07) is 1.54. The summed E-state index contributed by atoms with van der Waals surface area (Å²) in [7, 11) is 0. The molecule has 0 aromatic heterocycles. The van der Waals surface area contributed by atoms with Crippen molar-refractivity contribution in [2.45, 2.75) is 58.5 Å². The third-order valence-electron chi connectivity index (χ3n) is 4.15. The first-order valence-electron chi connectivity index (χ1n) is 7.14. The summed E-state index contributed by atoms with van der Waals surface area (Å²) in [5, 5.41) is 3.72. The van der Waals surface area contributed by atoms with Crippen LogP contribution in [0.1, 0.15) is 46.5 Å². The highest BCUT2D eigenvalue weighted by Gasteiger charge is 2.35. The number of nitrogens with zero attached hydrogens (tertiary/aromatic N) is 1. The van der Waals surface area contributed by atoms with Gasteiger partial charge in [-0.15, -0.1) is 0 Å². The van der Waals surface area contributed by atoms with Crippen molar-refractivity contribution in [2.24, 2.45) is 11.8 Å². The van der Waals surface area contributed by atoms with Gasteiger partial charge in [0.25, 0.3) is 0 Å². The molecule has 1 N–H and O–H groups in total. The van der Waals surface area contributed by atoms with Gasteiger partial charge < -0.3 is 5.32 Å². The van der Waals surface area contributed by atoms with Crippen LogP contribution in [0.25, 0.3) is 0 Å². The maximum atomic E-state index is 3.72. The van der Waals surface area contributed by atoms with Crippen LogP contribution in [0.2, 0.25) is 0 Å². The maximum absolute atomic E-state index is 3.72. The van der Waals surface area contributed by atoms with Crippen molar-refractivity contribution in [3.8, 4) is 0 Å². The molecule has 1 aliphatic heterocycles. The second-order valence-electron chi connectivity index (χ2n) is 6.23. The average Bonchev–Trinajstić information content (AvgIpc) is 3.04. The van der Waals surface area contributed by atoms with Gasteiger partial charge in [-0.05, 0) is 51.0 Å². The molecular formula is C14H28N2. The molecule has 0 spiro atoms. The minimum Gasteiger partial charge on any atom is -0.311 e. The van der Waals surface area contributed by atoms with Crippen LogP contribution in [0.5, 0.6) is 0 Å². The Morgan fingerprint density at radius 1 is 1.31 bits per heavy atom. The van der Waals surface area contributed by atoms with E-state index in [9.17, 15) is 0 Å². The number of rotatable bonds is 5. The van der Waals surface area contributed by atoms with Crippen molar-refractivity contribution in [3.63, 3.8) is 0 Å². The molecule has 1 saturated carbocycles. The molecule has 94 valence electrons. The number of hydrogen-bond acceptors (Lipinski definition) is 2. The molecule has 0 aromatic carbocycles. The fourth-order valence-corrected chi connectivity index (χ4v) is 2.78. The van der Waals surface area contributed by atoms with Crippen molar-refractivity contribution in [2.75, 3.05) is 19.6 Å². The van der Waals surface area contributed by atoms with Crippen LogP contribution in [0.15, 0.2) is 0 Å². The second-order valence-corrected chi connectivity index (χ2v) is 6.23. The summed E-state index contributed by atoms with van der Waals surface area (Å²) < 4.78 is 0. The number of nitrogens with one attached hydrogen (secondary N) is 1. The lowest BCUT2D eigenvalue weighted by Crippen LogP contribution is -2.56. The number of hydrogen-bond donors (Lipinski definition) is 1. The van der Waals surface area contributed by atoms with Gasteiger partial charge in [0.15, 0.2) is 0 Å². The molecule has 0 aromatic rings. The van der Waals surface area contributed by atoms with Gasteiger partial charge >= 0.3 is 0 Å². The van der Waals surface area contributed by atoms with Crippen molar-refractivity contribution < 1.29 is 0 Å². The fourth-order valence-electron chi connectivity index (χ4n) is 2.78. The van der Waals surface area contributed by atoms with Crippen LogP contribution in [-0.4, -0.2) is 36.6 Å². The van der Waals surface area contributed by atoms with Gasteiger partial charge in [-0.2, -0.15) is 0 Å². The molecule has 2 aliphatic rings. The molecule has 2 fully saturated rings. The molecule has 0 amide bonds. The van der Waals surface area contributed by atoms with Crippen molar-refractivity contribution in [1.82, 2.24) is 10.2 Å². The van der Waals surface area contributed by atoms with Gasteiger partial charge in [-0.25, -0.2) is 0 Å². The standard InChI is InChI=1S/C14H28N2/c1-11(2)5-4-8-16-10-14(13-6-7-13)15-9-12(16)3/h11-15H,4-10H2,1-3H3. The van der Waals surface area contributed by atoms with E-state index >= 15 is 0 Å². The molecule has 1 saturated heterocycles. The van der Waals surface area contributed by atoms with E-state index in [-0.39, 0.29) is 0 Å². The van der Waals surface area contributed by atoms with Gasteiger partial charge in [-0.1, -0.05) is 13.8 Å². The average molecular weight is 224 g/mol. The third-order valence-corrected chi connectivity index (χ3v) is 4.15. The lowest BCUT2D eigenvalue weighted by atomic mass is 10.0. The zero-order valence-electron chi connectivity index (χ0n) is 11.2. The lowest BCUT2D eigenvalue weighted by Gasteiger charge is -2.39. The van der Waals surface area contributed by atoms with E-state index in [1.54, 1.807) is 0 Å². The van der Waals surface area contributed by atoms with Gasteiger partial charge in [0.05, 0.1) is 0 Å². The van der Waals surface area contributed by atoms with Crippen molar-refractivity contribution in [1.29, 1.82) is 0 Å². The molecule has 2 rings (SSSR count). The Balaban J connectivity index is 1.72. The summed E-state index contributed by atoms with van der Waals surface area (Å²) in [5.41, 5.74) is 0. The van der Waals surface area contributed by atoms with Crippen molar-refractivity contribution in [3.05, 3.63) is 0 Å². The van der Waals surface area contributed by atoms with Gasteiger partial charge in [-0.3, -0.25) is 4.90 Å². The van der Waals surface area contributed by atoms with E-state index in [1.807, 2.05) is 0 Å². The van der Waals surface area contributed by atoms with E-state index in [0.29, 0.717) is 0 Å². The van der Waals surface area contributed by atoms with E-state index in [4.69, 9.17) is 0 Å². The zero-order valence-corrected chi connectivity index (χ0v) is 11.2. The highest BCUT2D eigenvalue weighted by molar-refractivity contribution is 4.93. The molecule has 0 radical (unpaired) electrons. The first-order chi connectivity index (χ1) is 7.66. The minimum atomic E-state index is 0.738. The quantitative estimate of drug-likeness (QED) is 0.772. The topological polar surface area (TPSA) is 15.3 Å². The minimum absolute atomic E-state index is 0.738. The first kappa shape index (κ1) is 12.4. The normalized spacial score (nSPS) is 32.2. The maximum Gasteiger partial charge on any atom is 0.0224 e. The summed E-state index contributed by atoms with van der Waals surface area (Å²) in [5.74, 6) is 1.86. The van der Waals surface area contributed by atoms with Crippen molar-refractivity contribution >= 4 is 0 Å². The SMILES string of the molecule is CC(C)CCCN1CC(C2CC2)NCC1C. The molecule has 16 heavy (non-hydrogen) atoms. The van der Waals surface area contributed by atoms with Crippen LogP contribution in [0, 0.1) is 11.8 Å². The monoisotopic (exact) mass is 224 g/mol. The first-order valence-corrected chi connectivity index (χ1v) is 7.14. The van der Waals surface area contributed by atoms with Crippen LogP contribution < -0.4 is 5.32 Å². The van der Waals surface area contributed by atoms with Crippen LogP contribution in [-0.2, 0) is 0 Å². The van der Waals surface area contributed by atoms with Crippen LogP contribution >= 0.6 is 0 Å². The van der Waals surface area contributed by atoms with E-state index < -0.39 is 0 Å². The predicted octanol–water partition coefficient (Wildman–Crippen LogP) is 2.49. The van der Waals surface area contributed by atoms with Gasteiger partial charge in [0.1, 0.15) is 0 Å². The smallest absolute Gasteiger partial charge is 0.0224 e. The Morgan fingerprint density at radius 3 is 2.69 bits per heavy atom. The van der Waals surface area contributed by atoms with Crippen LogP contribution in [0.4, 0.5) is 0 Å². The Kier molecular flexibility index (Phi) is 4.26. The molecule has 1 heterocycles. The van der Waals surface area contributed by atoms with Gasteiger partial charge in [0.2, 0.25) is 0 Å². The molecule has 2 unspecified atom stereocenters. The Labute approximate surface area is 101 Å². The molecule has 1 aliphatic carbocycles. The van der Waals surface area contributed by atoms with Crippen LogP contribution in [0.3, 0.4) is 0 Å². The predicted molar refractivity (Wildman–Crippen MR) is 69.6 cm³/mol. The summed E-state index contributed by atoms with van der Waals surface area (Å²) >= 11 is 0. The largest absolute Gasteiger partial charge is 0.311 e. The fraction of sp³-hybridized carbons (Fsp3) is 1.00. The molecule has 2 atom stereocenters. The summed E-state index contributed by atoms with van der Waals surface area (Å²) in [4.78, 5) is 2.71.